The van der Waals surface area contributed by atoms with Gasteiger partial charge in [0.05, 0.1) is 0 Å². The van der Waals surface area contributed by atoms with Crippen molar-refractivity contribution in [3.8, 4) is 0 Å². The Labute approximate surface area is 94.3 Å². The summed E-state index contributed by atoms with van der Waals surface area (Å²) in [5.74, 6) is 0.963. The first-order valence-corrected chi connectivity index (χ1v) is 6.80. The van der Waals surface area contributed by atoms with Gasteiger partial charge in [0.25, 0.3) is 0 Å². The third-order valence-electron chi connectivity index (χ3n) is 1.44. The van der Waals surface area contributed by atoms with E-state index in [0.29, 0.717) is 18.4 Å². The average molecular weight is 261 g/mol. The van der Waals surface area contributed by atoms with Gasteiger partial charge in [0.1, 0.15) is 0 Å². The van der Waals surface area contributed by atoms with Gasteiger partial charge in [-0.25, -0.2) is 0 Å². The molecule has 0 radical (unpaired) electrons. The first kappa shape index (κ1) is 14.5. The lowest BCUT2D eigenvalue weighted by Crippen LogP contribution is -2.00. The summed E-state index contributed by atoms with van der Waals surface area (Å²) in [6.45, 7) is 3.54. The summed E-state index contributed by atoms with van der Waals surface area (Å²) in [7, 11) is -4.11. The van der Waals surface area contributed by atoms with E-state index < -0.39 is 7.60 Å². The van der Waals surface area contributed by atoms with Gasteiger partial charge in [-0.2, -0.15) is 0 Å². The van der Waals surface area contributed by atoms with Crippen LogP contribution in [0.3, 0.4) is 0 Å². The maximum absolute atomic E-state index is 10.7. The fourth-order valence-electron chi connectivity index (χ4n) is 1.15. The molecule has 0 rings (SSSR count). The molecule has 0 fully saturated rings. The molecule has 0 saturated heterocycles. The second-order valence-electron chi connectivity index (χ2n) is 3.35. The summed E-state index contributed by atoms with van der Waals surface area (Å²) < 4.78 is 10.7. The van der Waals surface area contributed by atoms with Crippen molar-refractivity contribution in [1.29, 1.82) is 0 Å². The molecule has 2 N–H and O–H groups in total. The standard InChI is InChI=1S/C8H15Cl2O3P/c1-6(9)3-8(4-7(2)10)5-14(11,12)13/h5-7H,3-4H2,1-2H3,(H2,11,12,13). The van der Waals surface area contributed by atoms with E-state index >= 15 is 0 Å². The average Bonchev–Trinajstić information content (AvgIpc) is 1.77. The van der Waals surface area contributed by atoms with Crippen molar-refractivity contribution in [3.05, 3.63) is 11.4 Å². The Morgan fingerprint density at radius 2 is 1.64 bits per heavy atom. The van der Waals surface area contributed by atoms with Crippen molar-refractivity contribution in [3.63, 3.8) is 0 Å². The molecule has 0 aliphatic heterocycles. The molecule has 6 heteroatoms. The summed E-state index contributed by atoms with van der Waals surface area (Å²) in [5.41, 5.74) is 0.614. The molecule has 0 amide bonds. The van der Waals surface area contributed by atoms with Crippen LogP contribution in [0.2, 0.25) is 0 Å². The van der Waals surface area contributed by atoms with Crippen LogP contribution < -0.4 is 0 Å². The van der Waals surface area contributed by atoms with Crippen LogP contribution in [0.4, 0.5) is 0 Å². The number of rotatable bonds is 5. The van der Waals surface area contributed by atoms with Crippen LogP contribution in [-0.4, -0.2) is 20.5 Å². The topological polar surface area (TPSA) is 57.5 Å². The third kappa shape index (κ3) is 9.04. The SMILES string of the molecule is CC(Cl)CC(=CP(=O)(O)O)CC(C)Cl. The lowest BCUT2D eigenvalue weighted by molar-refractivity contribution is 0.385. The maximum Gasteiger partial charge on any atom is 0.349 e. The second-order valence-corrected chi connectivity index (χ2v) is 6.27. The Morgan fingerprint density at radius 1 is 1.29 bits per heavy atom. The van der Waals surface area contributed by atoms with E-state index in [9.17, 15) is 4.57 Å². The van der Waals surface area contributed by atoms with Crippen molar-refractivity contribution in [2.24, 2.45) is 0 Å². The van der Waals surface area contributed by atoms with Gasteiger partial charge >= 0.3 is 7.60 Å². The number of hydrogen-bond acceptors (Lipinski definition) is 1. The number of halogens is 2. The van der Waals surface area contributed by atoms with Gasteiger partial charge in [-0.05, 0) is 26.7 Å². The van der Waals surface area contributed by atoms with Crippen LogP contribution in [0.5, 0.6) is 0 Å². The largest absolute Gasteiger partial charge is 0.349 e. The van der Waals surface area contributed by atoms with Crippen LogP contribution in [-0.2, 0) is 4.57 Å². The van der Waals surface area contributed by atoms with E-state index in [1.54, 1.807) is 13.8 Å². The fraction of sp³-hybridized carbons (Fsp3) is 0.750. The molecule has 2 unspecified atom stereocenters. The molecular weight excluding hydrogens is 246 g/mol. The highest BCUT2D eigenvalue weighted by molar-refractivity contribution is 7.55. The van der Waals surface area contributed by atoms with E-state index in [0.717, 1.165) is 5.82 Å². The van der Waals surface area contributed by atoms with Crippen LogP contribution in [0.15, 0.2) is 11.4 Å². The maximum atomic E-state index is 10.7. The fourth-order valence-corrected chi connectivity index (χ4v) is 2.23. The van der Waals surface area contributed by atoms with E-state index in [1.807, 2.05) is 0 Å². The predicted molar refractivity (Wildman–Crippen MR) is 60.0 cm³/mol. The summed E-state index contributed by atoms with van der Waals surface area (Å²) in [6.07, 6.45) is 0.896. The van der Waals surface area contributed by atoms with Crippen molar-refractivity contribution in [2.75, 3.05) is 0 Å². The van der Waals surface area contributed by atoms with Gasteiger partial charge in [-0.3, -0.25) is 4.57 Å². The van der Waals surface area contributed by atoms with Gasteiger partial charge in [0, 0.05) is 16.6 Å². The van der Waals surface area contributed by atoms with E-state index in [4.69, 9.17) is 33.0 Å². The zero-order valence-corrected chi connectivity index (χ0v) is 10.6. The second kappa shape index (κ2) is 6.14. The summed E-state index contributed by atoms with van der Waals surface area (Å²) in [5, 5.41) is -0.300. The normalized spacial score (nSPS) is 16.1. The molecule has 3 nitrogen and oxygen atoms in total. The zero-order chi connectivity index (χ0) is 11.4. The molecule has 0 aliphatic rings. The highest BCUT2D eigenvalue weighted by atomic mass is 35.5. The molecule has 2 atom stereocenters. The van der Waals surface area contributed by atoms with Gasteiger partial charge in [0.2, 0.25) is 0 Å². The predicted octanol–water partition coefficient (Wildman–Crippen LogP) is 3.08. The molecule has 0 aromatic heterocycles. The minimum absolute atomic E-state index is 0.150. The van der Waals surface area contributed by atoms with Crippen molar-refractivity contribution < 1.29 is 14.4 Å². The minimum atomic E-state index is -4.11. The lowest BCUT2D eigenvalue weighted by atomic mass is 10.1. The van der Waals surface area contributed by atoms with Crippen molar-refractivity contribution in [2.45, 2.75) is 37.4 Å². The van der Waals surface area contributed by atoms with Gasteiger partial charge in [-0.1, -0.05) is 5.57 Å². The Bertz CT molecular complexity index is 233. The highest BCUT2D eigenvalue weighted by Gasteiger charge is 2.14. The monoisotopic (exact) mass is 260 g/mol. The third-order valence-corrected chi connectivity index (χ3v) is 2.45. The van der Waals surface area contributed by atoms with Crippen LogP contribution in [0.1, 0.15) is 26.7 Å². The Kier molecular flexibility index (Phi) is 6.35. The highest BCUT2D eigenvalue weighted by Crippen LogP contribution is 2.39. The van der Waals surface area contributed by atoms with E-state index in [2.05, 4.69) is 0 Å². The molecule has 0 bridgehead atoms. The first-order valence-electron chi connectivity index (χ1n) is 4.24. The smallest absolute Gasteiger partial charge is 0.321 e. The summed E-state index contributed by atoms with van der Waals surface area (Å²) >= 11 is 11.5. The Balaban J connectivity index is 4.55. The molecule has 14 heavy (non-hydrogen) atoms. The van der Waals surface area contributed by atoms with Crippen molar-refractivity contribution >= 4 is 30.8 Å². The Morgan fingerprint density at radius 3 is 1.86 bits per heavy atom. The molecule has 0 aliphatic carbocycles. The molecule has 0 saturated carbocycles. The number of hydrogen-bond donors (Lipinski definition) is 2. The van der Waals surface area contributed by atoms with Gasteiger partial charge < -0.3 is 9.79 Å². The van der Waals surface area contributed by atoms with Crippen molar-refractivity contribution in [1.82, 2.24) is 0 Å². The van der Waals surface area contributed by atoms with Gasteiger partial charge in [0.15, 0.2) is 0 Å². The molecule has 0 aromatic rings. The quantitative estimate of drug-likeness (QED) is 0.590. The van der Waals surface area contributed by atoms with Crippen LogP contribution >= 0.6 is 30.8 Å². The molecule has 0 heterocycles. The summed E-state index contributed by atoms with van der Waals surface area (Å²) in [4.78, 5) is 17.5. The Hall–Kier alpha value is 0.470. The number of alkyl halides is 2. The van der Waals surface area contributed by atoms with Gasteiger partial charge in [-0.15, -0.1) is 23.2 Å². The first-order chi connectivity index (χ1) is 6.20. The molecule has 0 spiro atoms. The lowest BCUT2D eigenvalue weighted by Gasteiger charge is -2.11. The number of allylic oxidation sites excluding steroid dienone is 1. The van der Waals surface area contributed by atoms with Crippen LogP contribution in [0.25, 0.3) is 0 Å². The molecule has 0 aromatic carbocycles. The zero-order valence-electron chi connectivity index (χ0n) is 8.15. The van der Waals surface area contributed by atoms with E-state index in [-0.39, 0.29) is 10.8 Å². The van der Waals surface area contributed by atoms with Crippen LogP contribution in [0, 0.1) is 0 Å². The molecular formula is C8H15Cl2O3P. The minimum Gasteiger partial charge on any atom is -0.321 e. The summed E-state index contributed by atoms with van der Waals surface area (Å²) in [6, 6.07) is 0. The van der Waals surface area contributed by atoms with E-state index in [1.165, 1.54) is 0 Å². The molecule has 84 valence electrons.